The molecule has 5 heteroatoms. The first-order valence-electron chi connectivity index (χ1n) is 21.1. The van der Waals surface area contributed by atoms with Gasteiger partial charge in [0.05, 0.1) is 31.9 Å². The molecule has 3 heterocycles. The molecule has 0 spiro atoms. The zero-order chi connectivity index (χ0) is 41.2. The third-order valence-electron chi connectivity index (χ3n) is 11.6. The number of rotatable bonds is 7. The first kappa shape index (κ1) is 30.8. The topological polar surface area (TPSA) is 35.6 Å². The second kappa shape index (κ2) is 13.7. The van der Waals surface area contributed by atoms with Gasteiger partial charge in [0.2, 0.25) is 5.95 Å². The Hall–Kier alpha value is -7.34. The summed E-state index contributed by atoms with van der Waals surface area (Å²) < 4.78 is 29.9. The van der Waals surface area contributed by atoms with Crippen LogP contribution in [0.25, 0.3) is 66.6 Å². The molecule has 0 aliphatic rings. The summed E-state index contributed by atoms with van der Waals surface area (Å²) in [5.41, 5.74) is 6.48. The minimum atomic E-state index is -2.87. The van der Waals surface area contributed by atoms with Gasteiger partial charge in [0, 0.05) is 33.2 Å². The average molecular weight is 762 g/mol. The summed E-state index contributed by atoms with van der Waals surface area (Å²) in [4.78, 5) is 10.9. The van der Waals surface area contributed by atoms with Crippen molar-refractivity contribution in [2.75, 3.05) is 0 Å². The smallest absolute Gasteiger partial charge is 0.237 e. The predicted octanol–water partition coefficient (Wildman–Crippen LogP) is 10.0. The van der Waals surface area contributed by atoms with Gasteiger partial charge in [-0.3, -0.25) is 9.13 Å². The number of aromatic nitrogens is 4. The van der Waals surface area contributed by atoms with E-state index in [9.17, 15) is 0 Å². The third kappa shape index (κ3) is 5.28. The van der Waals surface area contributed by atoms with Crippen molar-refractivity contribution in [2.24, 2.45) is 0 Å². The fourth-order valence-electron chi connectivity index (χ4n) is 9.04. The van der Waals surface area contributed by atoms with E-state index in [4.69, 9.17) is 14.1 Å². The largest absolute Gasteiger partial charge is 0.294 e. The molecule has 8 aromatic carbocycles. The Labute approximate surface area is 342 Å². The quantitative estimate of drug-likeness (QED) is 0.120. The van der Waals surface area contributed by atoms with E-state index in [0.717, 1.165) is 60.4 Å². The van der Waals surface area contributed by atoms with Crippen LogP contribution in [0.4, 0.5) is 0 Å². The molecule has 0 aliphatic carbocycles. The highest BCUT2D eigenvalue weighted by atomic mass is 28.3. The lowest BCUT2D eigenvalue weighted by atomic mass is 10.1. The zero-order valence-electron chi connectivity index (χ0n) is 34.8. The van der Waals surface area contributed by atoms with E-state index in [-0.39, 0.29) is 0 Å². The summed E-state index contributed by atoms with van der Waals surface area (Å²) >= 11 is 0. The number of hydrogen-bond acceptors (Lipinski definition) is 2. The fourth-order valence-corrected chi connectivity index (χ4v) is 13.8. The highest BCUT2D eigenvalue weighted by Crippen LogP contribution is 2.35. The monoisotopic (exact) mass is 761 g/mol. The van der Waals surface area contributed by atoms with Crippen molar-refractivity contribution in [2.45, 2.75) is 6.92 Å². The van der Waals surface area contributed by atoms with Crippen LogP contribution in [0.2, 0.25) is 0 Å². The fraction of sp³-hybridized carbons (Fsp3) is 0.0189. The van der Waals surface area contributed by atoms with E-state index in [0.29, 0.717) is 29.9 Å². The van der Waals surface area contributed by atoms with Gasteiger partial charge in [-0.1, -0.05) is 181 Å². The Morgan fingerprint density at radius 1 is 0.414 bits per heavy atom. The van der Waals surface area contributed by atoms with Crippen LogP contribution in [-0.2, 0) is 0 Å². The van der Waals surface area contributed by atoms with Gasteiger partial charge in [-0.25, -0.2) is 4.98 Å². The minimum Gasteiger partial charge on any atom is -0.294 e. The predicted molar refractivity (Wildman–Crippen MR) is 244 cm³/mol. The van der Waals surface area contributed by atoms with Crippen LogP contribution in [0.3, 0.4) is 0 Å². The van der Waals surface area contributed by atoms with E-state index in [1.165, 1.54) is 20.7 Å². The zero-order valence-corrected chi connectivity index (χ0v) is 32.8. The number of para-hydroxylation sites is 3. The highest BCUT2D eigenvalue weighted by molar-refractivity contribution is 7.19. The van der Waals surface area contributed by atoms with Gasteiger partial charge in [-0.15, -0.1) is 0 Å². The van der Waals surface area contributed by atoms with E-state index in [1.54, 1.807) is 12.1 Å². The van der Waals surface area contributed by atoms with E-state index in [1.807, 2.05) is 42.5 Å². The standard InChI is InChI=1S/C53H38N4Si/c1-37-32-33-51-46(34-37)45-28-13-16-31-50(45)57(51)53-54-47(36-52(55-53)56-48-29-14-11-26-43(48)44-27-12-15-30-49(44)56)38-18-17-25-42(35-38)58(39-19-5-2-6-20-39,40-21-7-3-8-22-40)41-23-9-4-10-24-41/h2-36H,1H3/i11D,12D,13D. The molecule has 274 valence electrons. The maximum Gasteiger partial charge on any atom is 0.237 e. The lowest BCUT2D eigenvalue weighted by molar-refractivity contribution is 0.952. The average Bonchev–Trinajstić information content (AvgIpc) is 3.78. The van der Waals surface area contributed by atoms with Crippen LogP contribution < -0.4 is 20.7 Å². The normalized spacial score (nSPS) is 12.6. The number of fused-ring (bicyclic) bond motifs is 6. The molecule has 0 amide bonds. The molecule has 11 rings (SSSR count). The Kier molecular flexibility index (Phi) is 7.28. The third-order valence-corrected chi connectivity index (χ3v) is 16.3. The molecule has 0 unspecified atom stereocenters. The van der Waals surface area contributed by atoms with Crippen LogP contribution >= 0.6 is 0 Å². The Bertz CT molecular complexity index is 3110. The molecule has 0 radical (unpaired) electrons. The number of benzene rings is 8. The second-order valence-corrected chi connectivity index (χ2v) is 18.7. The molecular formula is C53H38N4Si. The van der Waals surface area contributed by atoms with Crippen LogP contribution in [0.15, 0.2) is 212 Å². The molecular weight excluding hydrogens is 721 g/mol. The molecule has 0 saturated carbocycles. The molecule has 3 aromatic heterocycles. The SMILES string of the molecule is [2H]c1ccc2c(c1)c1cc([2H])ccc1n2-c1cc(-c2cccc([Si](c3ccccc3)(c3ccccc3)c3ccccc3)c2)nc(-n2c3ccc([2H])cc3c3cc(C)ccc32)n1. The molecule has 0 aliphatic heterocycles. The van der Waals surface area contributed by atoms with Gasteiger partial charge < -0.3 is 0 Å². The number of nitrogens with zero attached hydrogens (tertiary/aromatic N) is 4. The maximum atomic E-state index is 8.57. The van der Waals surface area contributed by atoms with Crippen molar-refractivity contribution >= 4 is 72.4 Å². The summed E-state index contributed by atoms with van der Waals surface area (Å²) in [7, 11) is -2.87. The van der Waals surface area contributed by atoms with Crippen molar-refractivity contribution in [3.05, 3.63) is 218 Å². The van der Waals surface area contributed by atoms with Crippen LogP contribution in [0.1, 0.15) is 9.68 Å². The lowest BCUT2D eigenvalue weighted by Crippen LogP contribution is -2.74. The maximum absolute atomic E-state index is 8.57. The Morgan fingerprint density at radius 2 is 0.914 bits per heavy atom. The molecule has 0 saturated heterocycles. The molecule has 0 bridgehead atoms. The van der Waals surface area contributed by atoms with E-state index >= 15 is 0 Å². The summed E-state index contributed by atoms with van der Waals surface area (Å²) in [6.07, 6.45) is 0. The van der Waals surface area contributed by atoms with Crippen molar-refractivity contribution in [1.82, 2.24) is 19.1 Å². The van der Waals surface area contributed by atoms with Crippen LogP contribution in [0, 0.1) is 6.92 Å². The molecule has 0 N–H and O–H groups in total. The van der Waals surface area contributed by atoms with E-state index in [2.05, 4.69) is 156 Å². The molecule has 0 atom stereocenters. The Balaban J connectivity index is 1.23. The number of hydrogen-bond donors (Lipinski definition) is 0. The molecule has 58 heavy (non-hydrogen) atoms. The highest BCUT2D eigenvalue weighted by Gasteiger charge is 2.41. The van der Waals surface area contributed by atoms with Gasteiger partial charge in [0.1, 0.15) is 5.82 Å². The lowest BCUT2D eigenvalue weighted by Gasteiger charge is -2.34. The summed E-state index contributed by atoms with van der Waals surface area (Å²) in [5, 5.41) is 8.88. The summed E-state index contributed by atoms with van der Waals surface area (Å²) in [6, 6.07) is 68.5. The van der Waals surface area contributed by atoms with Gasteiger partial charge in [0.15, 0.2) is 8.07 Å². The van der Waals surface area contributed by atoms with E-state index < -0.39 is 8.07 Å². The Morgan fingerprint density at radius 3 is 1.48 bits per heavy atom. The van der Waals surface area contributed by atoms with Gasteiger partial charge in [0.25, 0.3) is 0 Å². The molecule has 4 nitrogen and oxygen atoms in total. The van der Waals surface area contributed by atoms with Crippen LogP contribution in [0.5, 0.6) is 0 Å². The summed E-state index contributed by atoms with van der Waals surface area (Å²) in [5.74, 6) is 1.17. The summed E-state index contributed by atoms with van der Waals surface area (Å²) in [6.45, 7) is 2.09. The van der Waals surface area contributed by atoms with Gasteiger partial charge in [-0.2, -0.15) is 4.98 Å². The molecule has 0 fully saturated rings. The first-order chi connectivity index (χ1) is 29.9. The van der Waals surface area contributed by atoms with Crippen LogP contribution in [-0.4, -0.2) is 27.2 Å². The van der Waals surface area contributed by atoms with Crippen molar-refractivity contribution in [1.29, 1.82) is 0 Å². The van der Waals surface area contributed by atoms with Gasteiger partial charge >= 0.3 is 0 Å². The van der Waals surface area contributed by atoms with Gasteiger partial charge in [-0.05, 0) is 58.0 Å². The van der Waals surface area contributed by atoms with Crippen molar-refractivity contribution in [3.63, 3.8) is 0 Å². The first-order valence-corrected chi connectivity index (χ1v) is 21.6. The van der Waals surface area contributed by atoms with Crippen molar-refractivity contribution < 1.29 is 4.11 Å². The number of aryl methyl sites for hydroxylation is 1. The van der Waals surface area contributed by atoms with Crippen molar-refractivity contribution in [3.8, 4) is 23.0 Å². The second-order valence-electron chi connectivity index (χ2n) is 14.9. The molecule has 11 aromatic rings. The minimum absolute atomic E-state index is 0.403.